The molecule has 0 amide bonds. The van der Waals surface area contributed by atoms with Crippen molar-refractivity contribution in [1.29, 1.82) is 0 Å². The summed E-state index contributed by atoms with van der Waals surface area (Å²) in [5.41, 5.74) is 0.551. The summed E-state index contributed by atoms with van der Waals surface area (Å²) < 4.78 is 1.24. The van der Waals surface area contributed by atoms with E-state index in [0.717, 1.165) is 0 Å². The fourth-order valence-corrected chi connectivity index (χ4v) is 1.77. The zero-order chi connectivity index (χ0) is 13.1. The average molecular weight is 269 g/mol. The summed E-state index contributed by atoms with van der Waals surface area (Å²) in [7, 11) is 0. The lowest BCUT2D eigenvalue weighted by Gasteiger charge is -2.03. The smallest absolute Gasteiger partial charge is 0.296 e. The molecular weight excluding hydrogens is 260 g/mol. The van der Waals surface area contributed by atoms with Gasteiger partial charge in [0.1, 0.15) is 0 Å². The molecule has 1 aromatic heterocycles. The second-order valence-corrected chi connectivity index (χ2v) is 3.90. The van der Waals surface area contributed by atoms with Gasteiger partial charge in [0, 0.05) is 19.1 Å². The number of hydrogen-bond donors (Lipinski definition) is 1. The first-order chi connectivity index (χ1) is 8.63. The Morgan fingerprint density at radius 1 is 1.50 bits per heavy atom. The largest absolute Gasteiger partial charge is 0.396 e. The van der Waals surface area contributed by atoms with Crippen LogP contribution in [-0.4, -0.2) is 31.6 Å². The van der Waals surface area contributed by atoms with Crippen molar-refractivity contribution in [2.24, 2.45) is 0 Å². The summed E-state index contributed by atoms with van der Waals surface area (Å²) in [6, 6.07) is 4.38. The van der Waals surface area contributed by atoms with Gasteiger partial charge in [-0.2, -0.15) is 0 Å². The number of para-hydroxylation sites is 1. The molecule has 0 spiro atoms. The monoisotopic (exact) mass is 268 g/mol. The number of nitro benzene ring substituents is 1. The third kappa shape index (κ3) is 2.31. The molecule has 0 atom stereocenters. The van der Waals surface area contributed by atoms with Gasteiger partial charge in [0.25, 0.3) is 5.69 Å². The zero-order valence-corrected chi connectivity index (χ0v) is 9.91. The van der Waals surface area contributed by atoms with E-state index >= 15 is 0 Å². The molecule has 2 rings (SSSR count). The van der Waals surface area contributed by atoms with Crippen LogP contribution in [0.4, 0.5) is 5.69 Å². The van der Waals surface area contributed by atoms with E-state index in [1.165, 1.54) is 29.1 Å². The normalized spacial score (nSPS) is 10.6. The van der Waals surface area contributed by atoms with Gasteiger partial charge in [-0.1, -0.05) is 22.9 Å². The van der Waals surface area contributed by atoms with Crippen LogP contribution in [0.2, 0.25) is 5.02 Å². The first kappa shape index (κ1) is 12.5. The first-order valence-corrected chi connectivity index (χ1v) is 5.46. The Balaban J connectivity index is 2.51. The fraction of sp³-hybridized carbons (Fsp3) is 0.200. The highest BCUT2D eigenvalue weighted by atomic mass is 35.5. The van der Waals surface area contributed by atoms with Crippen molar-refractivity contribution in [3.63, 3.8) is 0 Å². The Morgan fingerprint density at radius 2 is 2.28 bits per heavy atom. The minimum atomic E-state index is -0.533. The first-order valence-electron chi connectivity index (χ1n) is 5.09. The van der Waals surface area contributed by atoms with Crippen LogP contribution in [0.1, 0.15) is 5.69 Å². The Labute approximate surface area is 107 Å². The number of nitro groups is 1. The van der Waals surface area contributed by atoms with Gasteiger partial charge in [0.15, 0.2) is 5.69 Å². The molecule has 8 heteroatoms. The van der Waals surface area contributed by atoms with E-state index in [9.17, 15) is 10.1 Å². The quantitative estimate of drug-likeness (QED) is 0.667. The van der Waals surface area contributed by atoms with Crippen molar-refractivity contribution in [3.05, 3.63) is 45.2 Å². The summed E-state index contributed by atoms with van der Waals surface area (Å²) >= 11 is 5.95. The van der Waals surface area contributed by atoms with Crippen LogP contribution >= 0.6 is 11.6 Å². The molecule has 1 heterocycles. The molecule has 2 aromatic rings. The van der Waals surface area contributed by atoms with Gasteiger partial charge >= 0.3 is 0 Å². The molecule has 1 N–H and O–H groups in total. The van der Waals surface area contributed by atoms with Crippen molar-refractivity contribution in [2.75, 3.05) is 6.61 Å². The zero-order valence-electron chi connectivity index (χ0n) is 9.15. The van der Waals surface area contributed by atoms with Crippen molar-refractivity contribution in [3.8, 4) is 5.69 Å². The summed E-state index contributed by atoms with van der Waals surface area (Å²) in [6.07, 6.45) is 1.84. The molecule has 0 fully saturated rings. The standard InChI is InChI=1S/C10H9ClN4O3/c11-8-2-1-3-9(15(17)18)10(8)14-6-7(4-5-16)12-13-14/h1-3,6,16H,4-5H2. The van der Waals surface area contributed by atoms with Gasteiger partial charge in [-0.25, -0.2) is 4.68 Å². The molecule has 0 aliphatic rings. The number of aliphatic hydroxyl groups excluding tert-OH is 1. The maximum absolute atomic E-state index is 10.9. The summed E-state index contributed by atoms with van der Waals surface area (Å²) in [5, 5.41) is 27.5. The molecule has 0 aliphatic carbocycles. The fourth-order valence-electron chi connectivity index (χ4n) is 1.51. The van der Waals surface area contributed by atoms with Crippen molar-refractivity contribution in [1.82, 2.24) is 15.0 Å². The van der Waals surface area contributed by atoms with Gasteiger partial charge in [0.2, 0.25) is 0 Å². The van der Waals surface area contributed by atoms with Crippen LogP contribution in [0.5, 0.6) is 0 Å². The minimum absolute atomic E-state index is 0.0662. The van der Waals surface area contributed by atoms with Crippen LogP contribution in [0.15, 0.2) is 24.4 Å². The van der Waals surface area contributed by atoms with Crippen molar-refractivity contribution >= 4 is 17.3 Å². The van der Waals surface area contributed by atoms with Crippen LogP contribution in [0.25, 0.3) is 5.69 Å². The van der Waals surface area contributed by atoms with Crippen molar-refractivity contribution in [2.45, 2.75) is 6.42 Å². The van der Waals surface area contributed by atoms with Gasteiger partial charge in [-0.3, -0.25) is 10.1 Å². The van der Waals surface area contributed by atoms with Gasteiger partial charge < -0.3 is 5.11 Å². The van der Waals surface area contributed by atoms with Gasteiger partial charge in [-0.15, -0.1) is 5.10 Å². The molecule has 0 unspecified atom stereocenters. The SMILES string of the molecule is O=[N+]([O-])c1cccc(Cl)c1-n1cc(CCO)nn1. The number of aliphatic hydroxyl groups is 1. The average Bonchev–Trinajstić information content (AvgIpc) is 2.77. The molecule has 0 saturated heterocycles. The maximum atomic E-state index is 10.9. The molecule has 94 valence electrons. The number of halogens is 1. The second kappa shape index (κ2) is 5.11. The number of hydrogen-bond acceptors (Lipinski definition) is 5. The number of nitrogens with zero attached hydrogens (tertiary/aromatic N) is 4. The third-order valence-corrected chi connectivity index (χ3v) is 2.61. The van der Waals surface area contributed by atoms with Crippen LogP contribution in [0.3, 0.4) is 0 Å². The molecule has 18 heavy (non-hydrogen) atoms. The minimum Gasteiger partial charge on any atom is -0.396 e. The van der Waals surface area contributed by atoms with Crippen LogP contribution in [0, 0.1) is 10.1 Å². The molecule has 0 bridgehead atoms. The maximum Gasteiger partial charge on any atom is 0.296 e. The van der Waals surface area contributed by atoms with Crippen LogP contribution in [-0.2, 0) is 6.42 Å². The summed E-state index contributed by atoms with van der Waals surface area (Å²) in [6.45, 7) is -0.0662. The van der Waals surface area contributed by atoms with E-state index < -0.39 is 4.92 Å². The Morgan fingerprint density at radius 3 is 2.94 bits per heavy atom. The van der Waals surface area contributed by atoms with Gasteiger partial charge in [0.05, 0.1) is 21.8 Å². The highest BCUT2D eigenvalue weighted by Crippen LogP contribution is 2.29. The van der Waals surface area contributed by atoms with E-state index in [-0.39, 0.29) is 23.0 Å². The molecule has 1 aromatic carbocycles. The number of aromatic nitrogens is 3. The van der Waals surface area contributed by atoms with E-state index in [4.69, 9.17) is 16.7 Å². The van der Waals surface area contributed by atoms with E-state index in [1.807, 2.05) is 0 Å². The predicted molar refractivity (Wildman–Crippen MR) is 63.8 cm³/mol. The highest BCUT2D eigenvalue weighted by Gasteiger charge is 2.19. The van der Waals surface area contributed by atoms with E-state index in [1.54, 1.807) is 0 Å². The molecule has 0 radical (unpaired) electrons. The second-order valence-electron chi connectivity index (χ2n) is 3.49. The molecular formula is C10H9ClN4O3. The topological polar surface area (TPSA) is 94.1 Å². The number of benzene rings is 1. The Hall–Kier alpha value is -1.99. The lowest BCUT2D eigenvalue weighted by molar-refractivity contribution is -0.384. The Kier molecular flexibility index (Phi) is 3.54. The summed E-state index contributed by atoms with van der Waals surface area (Å²) in [4.78, 5) is 10.4. The van der Waals surface area contributed by atoms with Crippen molar-refractivity contribution < 1.29 is 10.0 Å². The van der Waals surface area contributed by atoms with Crippen LogP contribution < -0.4 is 0 Å². The Bertz CT molecular complexity index is 584. The molecule has 0 aliphatic heterocycles. The lowest BCUT2D eigenvalue weighted by Crippen LogP contribution is -2.01. The predicted octanol–water partition coefficient (Wildman–Crippen LogP) is 1.36. The van der Waals surface area contributed by atoms with Gasteiger partial charge in [-0.05, 0) is 6.07 Å². The number of rotatable bonds is 4. The van der Waals surface area contributed by atoms with E-state index in [0.29, 0.717) is 12.1 Å². The van der Waals surface area contributed by atoms with E-state index in [2.05, 4.69) is 10.3 Å². The molecule has 0 saturated carbocycles. The molecule has 7 nitrogen and oxygen atoms in total. The lowest BCUT2D eigenvalue weighted by atomic mass is 10.2. The highest BCUT2D eigenvalue weighted by molar-refractivity contribution is 6.32. The third-order valence-electron chi connectivity index (χ3n) is 2.30. The summed E-state index contributed by atoms with van der Waals surface area (Å²) in [5.74, 6) is 0.